The van der Waals surface area contributed by atoms with Crippen LogP contribution >= 0.6 is 0 Å². The Balaban J connectivity index is 1.43. The van der Waals surface area contributed by atoms with Gasteiger partial charge in [0.25, 0.3) is 0 Å². The van der Waals surface area contributed by atoms with E-state index in [0.717, 1.165) is 42.4 Å². The number of aliphatic hydroxyl groups excluding tert-OH is 1. The van der Waals surface area contributed by atoms with Crippen LogP contribution in [-0.4, -0.2) is 16.5 Å². The molecule has 0 bridgehead atoms. The summed E-state index contributed by atoms with van der Waals surface area (Å²) in [7, 11) is 0. The standard InChI is InChI=1S/C27H46O2/c1-18(8-7-9-19(2)25(28)29)22-13-14-23-21-12-11-20-10-5-6-16-26(20,3)24(21)15-17-27(22,23)4/h10,18-19,21-25,28-29H,5-9,11-17H2,1-4H3/t18-,19?,21+,22-,23+,24+,26+,27-/m1/s1. The van der Waals surface area contributed by atoms with Gasteiger partial charge in [0.15, 0.2) is 6.29 Å². The van der Waals surface area contributed by atoms with Crippen molar-refractivity contribution in [3.8, 4) is 0 Å². The first kappa shape index (κ1) is 21.9. The van der Waals surface area contributed by atoms with Gasteiger partial charge in [0.05, 0.1) is 0 Å². The average molecular weight is 403 g/mol. The molecule has 0 aliphatic heterocycles. The zero-order valence-corrected chi connectivity index (χ0v) is 19.5. The van der Waals surface area contributed by atoms with Crippen molar-refractivity contribution in [2.24, 2.45) is 46.3 Å². The highest BCUT2D eigenvalue weighted by atomic mass is 16.5. The third kappa shape index (κ3) is 3.75. The molecule has 29 heavy (non-hydrogen) atoms. The molecule has 0 heterocycles. The van der Waals surface area contributed by atoms with E-state index in [0.29, 0.717) is 10.8 Å². The molecule has 0 aromatic heterocycles. The topological polar surface area (TPSA) is 40.5 Å². The summed E-state index contributed by atoms with van der Waals surface area (Å²) in [6, 6.07) is 0. The number of hydrogen-bond acceptors (Lipinski definition) is 2. The quantitative estimate of drug-likeness (QED) is 0.383. The maximum atomic E-state index is 9.36. The van der Waals surface area contributed by atoms with E-state index in [2.05, 4.69) is 26.8 Å². The average Bonchev–Trinajstić information content (AvgIpc) is 3.04. The van der Waals surface area contributed by atoms with Gasteiger partial charge in [0.2, 0.25) is 0 Å². The Morgan fingerprint density at radius 3 is 2.55 bits per heavy atom. The fraction of sp³-hybridized carbons (Fsp3) is 0.926. The molecule has 0 aromatic rings. The fourth-order valence-corrected chi connectivity index (χ4v) is 8.84. The summed E-state index contributed by atoms with van der Waals surface area (Å²) in [6.07, 6.45) is 17.6. The molecule has 3 fully saturated rings. The van der Waals surface area contributed by atoms with Crippen molar-refractivity contribution in [2.75, 3.05) is 0 Å². The minimum atomic E-state index is -1.15. The van der Waals surface area contributed by atoms with Gasteiger partial charge in [-0.25, -0.2) is 0 Å². The van der Waals surface area contributed by atoms with Gasteiger partial charge in [-0.3, -0.25) is 0 Å². The highest BCUT2D eigenvalue weighted by molar-refractivity contribution is 5.23. The van der Waals surface area contributed by atoms with Crippen LogP contribution in [0.25, 0.3) is 0 Å². The molecule has 0 saturated heterocycles. The number of allylic oxidation sites excluding steroid dienone is 2. The van der Waals surface area contributed by atoms with Crippen LogP contribution in [-0.2, 0) is 0 Å². The van der Waals surface area contributed by atoms with Gasteiger partial charge in [-0.2, -0.15) is 0 Å². The largest absolute Gasteiger partial charge is 0.368 e. The van der Waals surface area contributed by atoms with Crippen molar-refractivity contribution in [1.29, 1.82) is 0 Å². The molecule has 3 saturated carbocycles. The lowest BCUT2D eigenvalue weighted by Gasteiger charge is -2.58. The van der Waals surface area contributed by atoms with Gasteiger partial charge < -0.3 is 10.2 Å². The summed E-state index contributed by atoms with van der Waals surface area (Å²) in [5, 5.41) is 18.7. The van der Waals surface area contributed by atoms with E-state index in [4.69, 9.17) is 0 Å². The van der Waals surface area contributed by atoms with Crippen molar-refractivity contribution in [2.45, 2.75) is 111 Å². The maximum absolute atomic E-state index is 9.36. The van der Waals surface area contributed by atoms with Crippen LogP contribution in [0.15, 0.2) is 11.6 Å². The smallest absolute Gasteiger partial charge is 0.154 e. The van der Waals surface area contributed by atoms with Gasteiger partial charge in [0, 0.05) is 5.92 Å². The second-order valence-corrected chi connectivity index (χ2v) is 12.0. The summed E-state index contributed by atoms with van der Waals surface area (Å²) in [6.45, 7) is 9.75. The fourth-order valence-electron chi connectivity index (χ4n) is 8.84. The van der Waals surface area contributed by atoms with Gasteiger partial charge in [0.1, 0.15) is 0 Å². The Labute approximate surface area is 179 Å². The highest BCUT2D eigenvalue weighted by Gasteiger charge is 2.59. The molecule has 0 spiro atoms. The molecule has 0 radical (unpaired) electrons. The maximum Gasteiger partial charge on any atom is 0.154 e. The summed E-state index contributed by atoms with van der Waals surface area (Å²) in [5.74, 6) is 4.52. The molecular formula is C27H46O2. The predicted molar refractivity (Wildman–Crippen MR) is 120 cm³/mol. The second kappa shape index (κ2) is 8.30. The Morgan fingerprint density at radius 2 is 1.79 bits per heavy atom. The lowest BCUT2D eigenvalue weighted by atomic mass is 9.46. The van der Waals surface area contributed by atoms with Crippen LogP contribution in [0.4, 0.5) is 0 Å². The van der Waals surface area contributed by atoms with Gasteiger partial charge in [-0.15, -0.1) is 0 Å². The molecule has 4 aliphatic rings. The van der Waals surface area contributed by atoms with Gasteiger partial charge >= 0.3 is 0 Å². The Morgan fingerprint density at radius 1 is 1.00 bits per heavy atom. The van der Waals surface area contributed by atoms with Crippen molar-refractivity contribution < 1.29 is 10.2 Å². The van der Waals surface area contributed by atoms with Crippen molar-refractivity contribution in [3.05, 3.63) is 11.6 Å². The first-order chi connectivity index (χ1) is 13.8. The van der Waals surface area contributed by atoms with Crippen LogP contribution in [0, 0.1) is 46.3 Å². The van der Waals surface area contributed by atoms with Crippen LogP contribution in [0.1, 0.15) is 105 Å². The molecule has 2 N–H and O–H groups in total. The van der Waals surface area contributed by atoms with Gasteiger partial charge in [-0.1, -0.05) is 52.2 Å². The third-order valence-corrected chi connectivity index (χ3v) is 10.6. The number of fused-ring (bicyclic) bond motifs is 5. The van der Waals surface area contributed by atoms with Crippen molar-refractivity contribution in [3.63, 3.8) is 0 Å². The SMILES string of the molecule is CC(CCC[C@@H](C)[C@H]1CC[C@H]2[C@@H]3CCC4=CCCC[C@]4(C)[C@H]3CC[C@]12C)C(O)O. The number of hydrogen-bond donors (Lipinski definition) is 2. The van der Waals surface area contributed by atoms with Crippen LogP contribution in [0.2, 0.25) is 0 Å². The van der Waals surface area contributed by atoms with Crippen LogP contribution in [0.3, 0.4) is 0 Å². The monoisotopic (exact) mass is 402 g/mol. The predicted octanol–water partition coefficient (Wildman–Crippen LogP) is 6.71. The molecule has 166 valence electrons. The Bertz CT molecular complexity index is 610. The molecule has 4 rings (SSSR count). The number of rotatable bonds is 6. The third-order valence-electron chi connectivity index (χ3n) is 10.6. The van der Waals surface area contributed by atoms with Crippen LogP contribution < -0.4 is 0 Å². The molecule has 1 unspecified atom stereocenters. The summed E-state index contributed by atoms with van der Waals surface area (Å²) < 4.78 is 0. The van der Waals surface area contributed by atoms with E-state index >= 15 is 0 Å². The lowest BCUT2D eigenvalue weighted by molar-refractivity contribution is -0.0816. The molecule has 8 atom stereocenters. The van der Waals surface area contributed by atoms with E-state index in [1.54, 1.807) is 0 Å². The summed E-state index contributed by atoms with van der Waals surface area (Å²) >= 11 is 0. The summed E-state index contributed by atoms with van der Waals surface area (Å²) in [4.78, 5) is 0. The van der Waals surface area contributed by atoms with E-state index in [-0.39, 0.29) is 5.92 Å². The van der Waals surface area contributed by atoms with Gasteiger partial charge in [-0.05, 0) is 105 Å². The second-order valence-electron chi connectivity index (χ2n) is 12.0. The molecule has 0 aromatic carbocycles. The first-order valence-corrected chi connectivity index (χ1v) is 12.8. The highest BCUT2D eigenvalue weighted by Crippen LogP contribution is 2.67. The number of aliphatic hydroxyl groups is 2. The minimum Gasteiger partial charge on any atom is -0.368 e. The minimum absolute atomic E-state index is 0.00489. The van der Waals surface area contributed by atoms with Crippen molar-refractivity contribution in [1.82, 2.24) is 0 Å². The molecule has 2 heteroatoms. The normalized spacial score (nSPS) is 43.9. The van der Waals surface area contributed by atoms with Crippen LogP contribution in [0.5, 0.6) is 0 Å². The Hall–Kier alpha value is -0.340. The van der Waals surface area contributed by atoms with E-state index < -0.39 is 6.29 Å². The zero-order chi connectivity index (χ0) is 20.8. The molecule has 2 nitrogen and oxygen atoms in total. The molecule has 4 aliphatic carbocycles. The zero-order valence-electron chi connectivity index (χ0n) is 19.5. The lowest BCUT2D eigenvalue weighted by Crippen LogP contribution is -2.50. The van der Waals surface area contributed by atoms with Crippen molar-refractivity contribution >= 4 is 0 Å². The van der Waals surface area contributed by atoms with E-state index in [1.807, 2.05) is 12.5 Å². The summed E-state index contributed by atoms with van der Waals surface area (Å²) in [5.41, 5.74) is 2.90. The Kier molecular flexibility index (Phi) is 6.26. The molecule has 0 amide bonds. The molecular weight excluding hydrogens is 356 g/mol. The first-order valence-electron chi connectivity index (χ1n) is 12.8. The van der Waals surface area contributed by atoms with E-state index in [1.165, 1.54) is 64.2 Å². The van der Waals surface area contributed by atoms with E-state index in [9.17, 15) is 10.2 Å².